The molecule has 0 aromatic heterocycles. The Morgan fingerprint density at radius 1 is 0.914 bits per heavy atom. The largest absolute Gasteiger partial charge is 0.352 e. The fraction of sp³-hybridized carbons (Fsp3) is 0.419. The fourth-order valence-corrected chi connectivity index (χ4v) is 5.33. The van der Waals surface area contributed by atoms with Crippen molar-refractivity contribution in [3.8, 4) is 0 Å². The molecule has 1 aliphatic rings. The van der Waals surface area contributed by atoms with Gasteiger partial charge in [0.15, 0.2) is 0 Å². The van der Waals surface area contributed by atoms with Crippen LogP contribution < -0.4 is 5.32 Å². The minimum atomic E-state index is -0.462. The van der Waals surface area contributed by atoms with Gasteiger partial charge in [-0.1, -0.05) is 92.9 Å². The van der Waals surface area contributed by atoms with Crippen molar-refractivity contribution in [2.45, 2.75) is 83.8 Å². The Labute approximate surface area is 209 Å². The first-order valence-electron chi connectivity index (χ1n) is 13.2. The molecular formula is C31H38N2O2. The Morgan fingerprint density at radius 2 is 1.60 bits per heavy atom. The summed E-state index contributed by atoms with van der Waals surface area (Å²) >= 11 is 0. The molecule has 2 amide bonds. The van der Waals surface area contributed by atoms with Gasteiger partial charge in [0.2, 0.25) is 11.8 Å². The normalized spacial score (nSPS) is 15.0. The summed E-state index contributed by atoms with van der Waals surface area (Å²) in [6.45, 7) is 4.53. The van der Waals surface area contributed by atoms with E-state index in [1.165, 1.54) is 35.6 Å². The standard InChI is InChI=1S/C31H38N2O2/c1-3-29(31(35)32-27-17-5-4-6-18-27)33(22-26-14-8-7-12-23(26)2)30(34)21-20-25-16-11-15-24-13-9-10-19-28(24)25/h7-16,19,27,29H,3-6,17-18,20-22H2,1-2H3,(H,32,35). The summed E-state index contributed by atoms with van der Waals surface area (Å²) in [6, 6.07) is 22.5. The van der Waals surface area contributed by atoms with Gasteiger partial charge in [0.25, 0.3) is 0 Å². The minimum Gasteiger partial charge on any atom is -0.352 e. The molecule has 4 rings (SSSR count). The number of fused-ring (bicyclic) bond motifs is 1. The third kappa shape index (κ3) is 6.30. The van der Waals surface area contributed by atoms with Gasteiger partial charge >= 0.3 is 0 Å². The molecule has 0 radical (unpaired) electrons. The molecule has 0 heterocycles. The zero-order valence-corrected chi connectivity index (χ0v) is 21.1. The average Bonchev–Trinajstić information content (AvgIpc) is 2.88. The first kappa shape index (κ1) is 25.0. The third-order valence-corrected chi connectivity index (χ3v) is 7.43. The highest BCUT2D eigenvalue weighted by Crippen LogP contribution is 2.23. The average molecular weight is 471 g/mol. The van der Waals surface area contributed by atoms with Crippen LogP contribution in [0.15, 0.2) is 66.7 Å². The van der Waals surface area contributed by atoms with Crippen LogP contribution in [0.3, 0.4) is 0 Å². The molecule has 4 heteroatoms. The van der Waals surface area contributed by atoms with Gasteiger partial charge in [-0.25, -0.2) is 0 Å². The van der Waals surface area contributed by atoms with E-state index in [4.69, 9.17) is 0 Å². The SMILES string of the molecule is CCC(C(=O)NC1CCCCC1)N(Cc1ccccc1C)C(=O)CCc1cccc2ccccc12. The topological polar surface area (TPSA) is 49.4 Å². The molecule has 1 atom stereocenters. The van der Waals surface area contributed by atoms with Crippen molar-refractivity contribution >= 4 is 22.6 Å². The summed E-state index contributed by atoms with van der Waals surface area (Å²) in [4.78, 5) is 28.9. The lowest BCUT2D eigenvalue weighted by Gasteiger charge is -2.33. The summed E-state index contributed by atoms with van der Waals surface area (Å²) in [5, 5.41) is 5.65. The Kier molecular flexibility index (Phi) is 8.57. The van der Waals surface area contributed by atoms with Crippen LogP contribution in [0.4, 0.5) is 0 Å². The number of amides is 2. The molecule has 0 saturated heterocycles. The van der Waals surface area contributed by atoms with Gasteiger partial charge < -0.3 is 10.2 Å². The van der Waals surface area contributed by atoms with E-state index in [1.54, 1.807) is 0 Å². The maximum Gasteiger partial charge on any atom is 0.243 e. The molecular weight excluding hydrogens is 432 g/mol. The molecule has 1 saturated carbocycles. The molecule has 184 valence electrons. The summed E-state index contributed by atoms with van der Waals surface area (Å²) < 4.78 is 0. The lowest BCUT2D eigenvalue weighted by Crippen LogP contribution is -2.51. The Hall–Kier alpha value is -3.14. The maximum atomic E-state index is 13.7. The van der Waals surface area contributed by atoms with E-state index in [0.717, 1.165) is 24.0 Å². The van der Waals surface area contributed by atoms with Crippen LogP contribution in [0, 0.1) is 6.92 Å². The highest BCUT2D eigenvalue weighted by molar-refractivity contribution is 5.89. The quantitative estimate of drug-likeness (QED) is 0.397. The molecule has 0 aliphatic heterocycles. The monoisotopic (exact) mass is 470 g/mol. The van der Waals surface area contributed by atoms with Crippen LogP contribution in [-0.4, -0.2) is 28.8 Å². The predicted octanol–water partition coefficient (Wildman–Crippen LogP) is 6.34. The van der Waals surface area contributed by atoms with Gasteiger partial charge in [-0.3, -0.25) is 9.59 Å². The number of aryl methyl sites for hydroxylation is 2. The lowest BCUT2D eigenvalue weighted by atomic mass is 9.95. The van der Waals surface area contributed by atoms with Gasteiger partial charge in [0, 0.05) is 19.0 Å². The number of carbonyl (C=O) groups excluding carboxylic acids is 2. The minimum absolute atomic E-state index is 0.00787. The Morgan fingerprint density at radius 3 is 2.37 bits per heavy atom. The third-order valence-electron chi connectivity index (χ3n) is 7.43. The van der Waals surface area contributed by atoms with Crippen LogP contribution in [-0.2, 0) is 22.6 Å². The zero-order chi connectivity index (χ0) is 24.6. The van der Waals surface area contributed by atoms with Crippen molar-refractivity contribution in [1.29, 1.82) is 0 Å². The van der Waals surface area contributed by atoms with Crippen molar-refractivity contribution in [2.75, 3.05) is 0 Å². The van der Waals surface area contributed by atoms with Gasteiger partial charge in [0.05, 0.1) is 0 Å². The second kappa shape index (κ2) is 12.0. The van der Waals surface area contributed by atoms with Crippen molar-refractivity contribution in [3.63, 3.8) is 0 Å². The molecule has 3 aromatic rings. The first-order valence-corrected chi connectivity index (χ1v) is 13.2. The number of benzene rings is 3. The number of rotatable bonds is 9. The van der Waals surface area contributed by atoms with Gasteiger partial charge in [-0.15, -0.1) is 0 Å². The summed E-state index contributed by atoms with van der Waals surface area (Å²) in [7, 11) is 0. The van der Waals surface area contributed by atoms with Gasteiger partial charge in [-0.05, 0) is 60.1 Å². The van der Waals surface area contributed by atoms with Crippen LogP contribution >= 0.6 is 0 Å². The van der Waals surface area contributed by atoms with Gasteiger partial charge in [0.1, 0.15) is 6.04 Å². The number of hydrogen-bond donors (Lipinski definition) is 1. The molecule has 1 unspecified atom stereocenters. The summed E-state index contributed by atoms with van der Waals surface area (Å²) in [6.07, 6.45) is 7.29. The number of nitrogens with one attached hydrogen (secondary N) is 1. The van der Waals surface area contributed by atoms with E-state index in [0.29, 0.717) is 25.8 Å². The second-order valence-electron chi connectivity index (χ2n) is 9.85. The smallest absolute Gasteiger partial charge is 0.243 e. The van der Waals surface area contributed by atoms with Crippen LogP contribution in [0.5, 0.6) is 0 Å². The van der Waals surface area contributed by atoms with E-state index in [-0.39, 0.29) is 17.9 Å². The predicted molar refractivity (Wildman–Crippen MR) is 143 cm³/mol. The highest BCUT2D eigenvalue weighted by atomic mass is 16.2. The summed E-state index contributed by atoms with van der Waals surface area (Å²) in [5.41, 5.74) is 3.41. The van der Waals surface area contributed by atoms with E-state index in [2.05, 4.69) is 54.7 Å². The van der Waals surface area contributed by atoms with E-state index in [1.807, 2.05) is 36.1 Å². The molecule has 35 heavy (non-hydrogen) atoms. The number of nitrogens with zero attached hydrogens (tertiary/aromatic N) is 1. The van der Waals surface area contributed by atoms with Crippen molar-refractivity contribution in [1.82, 2.24) is 10.2 Å². The molecule has 1 aliphatic carbocycles. The van der Waals surface area contributed by atoms with Crippen LogP contribution in [0.25, 0.3) is 10.8 Å². The van der Waals surface area contributed by atoms with Crippen molar-refractivity contribution < 1.29 is 9.59 Å². The maximum absolute atomic E-state index is 13.7. The first-order chi connectivity index (χ1) is 17.1. The lowest BCUT2D eigenvalue weighted by molar-refractivity contribution is -0.141. The summed E-state index contributed by atoms with van der Waals surface area (Å²) in [5.74, 6) is 0.0262. The molecule has 1 fully saturated rings. The second-order valence-corrected chi connectivity index (χ2v) is 9.85. The number of hydrogen-bond acceptors (Lipinski definition) is 2. The molecule has 1 N–H and O–H groups in total. The molecule has 0 bridgehead atoms. The Balaban J connectivity index is 1.54. The Bertz CT molecular complexity index is 1140. The zero-order valence-electron chi connectivity index (χ0n) is 21.1. The van der Waals surface area contributed by atoms with Crippen LogP contribution in [0.1, 0.15) is 68.6 Å². The van der Waals surface area contributed by atoms with E-state index >= 15 is 0 Å². The van der Waals surface area contributed by atoms with Gasteiger partial charge in [-0.2, -0.15) is 0 Å². The van der Waals surface area contributed by atoms with Crippen molar-refractivity contribution in [3.05, 3.63) is 83.4 Å². The van der Waals surface area contributed by atoms with Crippen molar-refractivity contribution in [2.24, 2.45) is 0 Å². The van der Waals surface area contributed by atoms with E-state index < -0.39 is 6.04 Å². The number of carbonyl (C=O) groups is 2. The van der Waals surface area contributed by atoms with Crippen LogP contribution in [0.2, 0.25) is 0 Å². The van der Waals surface area contributed by atoms with E-state index in [9.17, 15) is 9.59 Å². The fourth-order valence-electron chi connectivity index (χ4n) is 5.33. The molecule has 3 aromatic carbocycles. The molecule has 0 spiro atoms. The highest BCUT2D eigenvalue weighted by Gasteiger charge is 2.30. The molecule has 4 nitrogen and oxygen atoms in total.